The van der Waals surface area contributed by atoms with Crippen molar-refractivity contribution in [1.29, 1.82) is 0 Å². The number of likely N-dealkylation sites (N-methyl/N-ethyl adjacent to an activating group) is 1. The zero-order valence-electron chi connectivity index (χ0n) is 18.8. The quantitative estimate of drug-likeness (QED) is 0.586. The van der Waals surface area contributed by atoms with Gasteiger partial charge in [-0.25, -0.2) is 0 Å². The first-order valence-corrected chi connectivity index (χ1v) is 10.9. The van der Waals surface area contributed by atoms with Gasteiger partial charge in [-0.3, -0.25) is 9.59 Å². The molecule has 1 N–H and O–H groups in total. The van der Waals surface area contributed by atoms with Crippen LogP contribution in [-0.2, 0) is 4.79 Å². The van der Waals surface area contributed by atoms with E-state index in [2.05, 4.69) is 5.32 Å². The van der Waals surface area contributed by atoms with E-state index >= 15 is 0 Å². The van der Waals surface area contributed by atoms with Gasteiger partial charge >= 0.3 is 0 Å². The zero-order chi connectivity index (χ0) is 23.2. The molecule has 0 saturated carbocycles. The Bertz CT molecular complexity index is 1130. The molecule has 0 spiro atoms. The number of nitrogens with zero attached hydrogens (tertiary/aromatic N) is 2. The molecule has 2 amide bonds. The molecule has 7 nitrogen and oxygen atoms in total. The second kappa shape index (κ2) is 10.1. The number of carbonyl (C=O) groups is 2. The van der Waals surface area contributed by atoms with Crippen LogP contribution in [0.15, 0.2) is 72.8 Å². The van der Waals surface area contributed by atoms with Crippen molar-refractivity contribution in [2.75, 3.05) is 43.6 Å². The minimum absolute atomic E-state index is 0.0623. The van der Waals surface area contributed by atoms with Gasteiger partial charge in [0, 0.05) is 31.0 Å². The monoisotopic (exact) mass is 445 g/mol. The maximum Gasteiger partial charge on any atom is 0.256 e. The SMILES string of the molecule is CCN(CC(=O)Nc1ccc2c(c1)OCCO2)C(=O)c1ccccc1N(C)c1ccccc1. The van der Waals surface area contributed by atoms with Crippen LogP contribution in [0.1, 0.15) is 17.3 Å². The third kappa shape index (κ3) is 5.09. The Kier molecular flexibility index (Phi) is 6.78. The third-order valence-corrected chi connectivity index (χ3v) is 5.47. The predicted molar refractivity (Wildman–Crippen MR) is 129 cm³/mol. The first kappa shape index (κ1) is 22.2. The topological polar surface area (TPSA) is 71.1 Å². The van der Waals surface area contributed by atoms with Gasteiger partial charge in [0.05, 0.1) is 11.3 Å². The zero-order valence-corrected chi connectivity index (χ0v) is 18.8. The van der Waals surface area contributed by atoms with E-state index in [1.165, 1.54) is 4.90 Å². The van der Waals surface area contributed by atoms with Gasteiger partial charge in [-0.2, -0.15) is 0 Å². The van der Waals surface area contributed by atoms with E-state index in [-0.39, 0.29) is 18.4 Å². The first-order valence-electron chi connectivity index (χ1n) is 10.9. The number of carbonyl (C=O) groups excluding carboxylic acids is 2. The van der Waals surface area contributed by atoms with Gasteiger partial charge < -0.3 is 24.6 Å². The lowest BCUT2D eigenvalue weighted by molar-refractivity contribution is -0.116. The molecular formula is C26H27N3O4. The number of para-hydroxylation sites is 2. The molecule has 1 aliphatic rings. The average molecular weight is 446 g/mol. The summed E-state index contributed by atoms with van der Waals surface area (Å²) in [5.74, 6) is 0.771. The number of benzene rings is 3. The van der Waals surface area contributed by atoms with Crippen LogP contribution in [0.5, 0.6) is 11.5 Å². The summed E-state index contributed by atoms with van der Waals surface area (Å²) in [6.45, 7) is 3.18. The number of hydrogen-bond donors (Lipinski definition) is 1. The molecule has 0 aromatic heterocycles. The molecule has 3 aromatic carbocycles. The van der Waals surface area contributed by atoms with Gasteiger partial charge in [0.25, 0.3) is 5.91 Å². The van der Waals surface area contributed by atoms with E-state index in [9.17, 15) is 9.59 Å². The van der Waals surface area contributed by atoms with Crippen LogP contribution in [0, 0.1) is 0 Å². The van der Waals surface area contributed by atoms with Crippen LogP contribution >= 0.6 is 0 Å². The molecule has 0 unspecified atom stereocenters. The molecule has 0 bridgehead atoms. The average Bonchev–Trinajstić information content (AvgIpc) is 2.87. The summed E-state index contributed by atoms with van der Waals surface area (Å²) < 4.78 is 11.1. The number of anilines is 3. The molecule has 170 valence electrons. The third-order valence-electron chi connectivity index (χ3n) is 5.47. The van der Waals surface area contributed by atoms with E-state index in [0.717, 1.165) is 11.4 Å². The summed E-state index contributed by atoms with van der Waals surface area (Å²) in [4.78, 5) is 29.6. The molecular weight excluding hydrogens is 418 g/mol. The van der Waals surface area contributed by atoms with Gasteiger partial charge in [-0.1, -0.05) is 30.3 Å². The van der Waals surface area contributed by atoms with Crippen LogP contribution < -0.4 is 19.7 Å². The van der Waals surface area contributed by atoms with Gasteiger partial charge in [0.1, 0.15) is 19.8 Å². The minimum atomic E-state index is -0.282. The van der Waals surface area contributed by atoms with E-state index < -0.39 is 0 Å². The van der Waals surface area contributed by atoms with Crippen molar-refractivity contribution in [3.63, 3.8) is 0 Å². The molecule has 33 heavy (non-hydrogen) atoms. The van der Waals surface area contributed by atoms with Crippen LogP contribution in [0.3, 0.4) is 0 Å². The second-order valence-electron chi connectivity index (χ2n) is 7.64. The summed E-state index contributed by atoms with van der Waals surface area (Å²) in [5.41, 5.74) is 2.88. The second-order valence-corrected chi connectivity index (χ2v) is 7.64. The lowest BCUT2D eigenvalue weighted by atomic mass is 10.1. The van der Waals surface area contributed by atoms with Crippen molar-refractivity contribution in [3.8, 4) is 11.5 Å². The maximum absolute atomic E-state index is 13.4. The summed E-state index contributed by atoms with van der Waals surface area (Å²) >= 11 is 0. The van der Waals surface area contributed by atoms with Crippen molar-refractivity contribution >= 4 is 28.9 Å². The summed E-state index contributed by atoms with van der Waals surface area (Å²) in [6, 6.07) is 22.5. The van der Waals surface area contributed by atoms with E-state index in [1.807, 2.05) is 67.4 Å². The Morgan fingerprint density at radius 2 is 1.61 bits per heavy atom. The maximum atomic E-state index is 13.4. The molecule has 0 radical (unpaired) electrons. The van der Waals surface area contributed by atoms with Crippen molar-refractivity contribution in [2.24, 2.45) is 0 Å². The Morgan fingerprint density at radius 1 is 0.909 bits per heavy atom. The number of amides is 2. The highest BCUT2D eigenvalue weighted by atomic mass is 16.6. The summed E-state index contributed by atoms with van der Waals surface area (Å²) in [5, 5.41) is 2.85. The molecule has 1 heterocycles. The highest BCUT2D eigenvalue weighted by molar-refractivity contribution is 6.03. The highest BCUT2D eigenvalue weighted by Crippen LogP contribution is 2.32. The van der Waals surface area contributed by atoms with Crippen molar-refractivity contribution in [2.45, 2.75) is 6.92 Å². The normalized spacial score (nSPS) is 12.1. The summed E-state index contributed by atoms with van der Waals surface area (Å²) in [7, 11) is 1.92. The van der Waals surface area contributed by atoms with E-state index in [1.54, 1.807) is 24.3 Å². The molecule has 3 aromatic rings. The lowest BCUT2D eigenvalue weighted by Crippen LogP contribution is -2.38. The van der Waals surface area contributed by atoms with Crippen LogP contribution in [0.25, 0.3) is 0 Å². The molecule has 0 atom stereocenters. The van der Waals surface area contributed by atoms with E-state index in [0.29, 0.717) is 42.5 Å². The number of fused-ring (bicyclic) bond motifs is 1. The molecule has 0 aliphatic carbocycles. The number of rotatable bonds is 7. The predicted octanol–water partition coefficient (Wildman–Crippen LogP) is 4.33. The highest BCUT2D eigenvalue weighted by Gasteiger charge is 2.22. The number of nitrogens with one attached hydrogen (secondary N) is 1. The molecule has 4 rings (SSSR count). The Balaban J connectivity index is 1.48. The Morgan fingerprint density at radius 3 is 2.36 bits per heavy atom. The molecule has 0 fully saturated rings. The first-order chi connectivity index (χ1) is 16.1. The van der Waals surface area contributed by atoms with Crippen molar-refractivity contribution in [3.05, 3.63) is 78.4 Å². The van der Waals surface area contributed by atoms with Crippen LogP contribution in [-0.4, -0.2) is 50.1 Å². The fourth-order valence-electron chi connectivity index (χ4n) is 3.73. The van der Waals surface area contributed by atoms with Gasteiger partial charge in [0.2, 0.25) is 5.91 Å². The molecule has 7 heteroatoms. The largest absolute Gasteiger partial charge is 0.486 e. The molecule has 0 saturated heterocycles. The van der Waals surface area contributed by atoms with Gasteiger partial charge in [-0.15, -0.1) is 0 Å². The lowest BCUT2D eigenvalue weighted by Gasteiger charge is -2.26. The standard InChI is InChI=1S/C26H27N3O4/c1-3-29(18-25(30)27-19-13-14-23-24(17-19)33-16-15-32-23)26(31)21-11-7-8-12-22(21)28(2)20-9-5-4-6-10-20/h4-14,17H,3,15-16,18H2,1-2H3,(H,27,30). The minimum Gasteiger partial charge on any atom is -0.486 e. The summed E-state index contributed by atoms with van der Waals surface area (Å²) in [6.07, 6.45) is 0. The number of ether oxygens (including phenoxy) is 2. The Hall–Kier alpha value is -4.00. The van der Waals surface area contributed by atoms with Gasteiger partial charge in [0.15, 0.2) is 11.5 Å². The smallest absolute Gasteiger partial charge is 0.256 e. The fourth-order valence-corrected chi connectivity index (χ4v) is 3.73. The van der Waals surface area contributed by atoms with Crippen molar-refractivity contribution in [1.82, 2.24) is 4.90 Å². The van der Waals surface area contributed by atoms with Crippen LogP contribution in [0.4, 0.5) is 17.1 Å². The van der Waals surface area contributed by atoms with E-state index in [4.69, 9.17) is 9.47 Å². The Labute approximate surface area is 193 Å². The fraction of sp³-hybridized carbons (Fsp3) is 0.231. The van der Waals surface area contributed by atoms with Crippen LogP contribution in [0.2, 0.25) is 0 Å². The van der Waals surface area contributed by atoms with Crippen molar-refractivity contribution < 1.29 is 19.1 Å². The molecule has 1 aliphatic heterocycles. The number of hydrogen-bond acceptors (Lipinski definition) is 5. The van der Waals surface area contributed by atoms with Gasteiger partial charge in [-0.05, 0) is 43.3 Å².